The highest BCUT2D eigenvalue weighted by Gasteiger charge is 2.17. The fourth-order valence-corrected chi connectivity index (χ4v) is 1.87. The number of rotatable bonds is 2. The van der Waals surface area contributed by atoms with Crippen LogP contribution in [0, 0.1) is 0 Å². The number of nitrogens with one attached hydrogen (secondary N) is 1. The molecule has 1 atom stereocenters. The molecule has 0 spiro atoms. The molecule has 1 aliphatic heterocycles. The molecule has 3 heteroatoms. The molecule has 1 heterocycles. The van der Waals surface area contributed by atoms with Crippen LogP contribution in [0.15, 0.2) is 18.2 Å². The monoisotopic (exact) mass is 205 g/mol. The third kappa shape index (κ3) is 1.88. The molecular weight excluding hydrogens is 190 g/mol. The molecule has 0 aromatic heterocycles. The van der Waals surface area contributed by atoms with Gasteiger partial charge in [0.25, 0.3) is 5.91 Å². The predicted octanol–water partition coefficient (Wildman–Crippen LogP) is 1.42. The normalized spacial score (nSPS) is 16.8. The molecule has 0 radical (unpaired) electrons. The van der Waals surface area contributed by atoms with Gasteiger partial charge in [0.15, 0.2) is 0 Å². The van der Waals surface area contributed by atoms with E-state index in [1.165, 1.54) is 0 Å². The van der Waals surface area contributed by atoms with Crippen molar-refractivity contribution in [3.8, 4) is 0 Å². The smallest absolute Gasteiger partial charge is 0.251 e. The van der Waals surface area contributed by atoms with E-state index in [0.29, 0.717) is 18.5 Å². The zero-order chi connectivity index (χ0) is 10.8. The maximum atomic E-state index is 11.6. The molecule has 0 saturated carbocycles. The number of carbonyl (C=O) groups is 1. The minimum atomic E-state index is -0.468. The molecule has 15 heavy (non-hydrogen) atoms. The van der Waals surface area contributed by atoms with Crippen molar-refractivity contribution in [1.29, 1.82) is 0 Å². The molecule has 3 nitrogen and oxygen atoms in total. The second kappa shape index (κ2) is 4.03. The van der Waals surface area contributed by atoms with Crippen molar-refractivity contribution in [2.45, 2.75) is 25.9 Å². The maximum absolute atomic E-state index is 11.6. The molecule has 0 saturated heterocycles. The average molecular weight is 205 g/mol. The molecule has 1 amide bonds. The van der Waals surface area contributed by atoms with Gasteiger partial charge in [0.05, 0.1) is 6.10 Å². The highest BCUT2D eigenvalue weighted by molar-refractivity contribution is 5.96. The Hall–Kier alpha value is -1.35. The van der Waals surface area contributed by atoms with Gasteiger partial charge in [-0.25, -0.2) is 0 Å². The van der Waals surface area contributed by atoms with E-state index in [-0.39, 0.29) is 5.91 Å². The first kappa shape index (κ1) is 10.2. The van der Waals surface area contributed by atoms with Crippen molar-refractivity contribution >= 4 is 5.91 Å². The number of aliphatic hydroxyl groups excluding tert-OH is 1. The minimum Gasteiger partial charge on any atom is -0.388 e. The number of aliphatic hydroxyl groups is 1. The zero-order valence-corrected chi connectivity index (χ0v) is 8.79. The lowest BCUT2D eigenvalue weighted by Gasteiger charge is -2.18. The van der Waals surface area contributed by atoms with E-state index in [2.05, 4.69) is 5.32 Å². The molecule has 2 N–H and O–H groups in total. The fourth-order valence-electron chi connectivity index (χ4n) is 1.87. The van der Waals surface area contributed by atoms with Gasteiger partial charge in [-0.05, 0) is 30.0 Å². The Labute approximate surface area is 89.1 Å². The molecule has 0 unspecified atom stereocenters. The van der Waals surface area contributed by atoms with Crippen molar-refractivity contribution in [1.82, 2.24) is 5.32 Å². The molecule has 1 aromatic carbocycles. The van der Waals surface area contributed by atoms with Gasteiger partial charge < -0.3 is 10.4 Å². The zero-order valence-electron chi connectivity index (χ0n) is 8.79. The molecule has 2 rings (SSSR count). The maximum Gasteiger partial charge on any atom is 0.251 e. The quantitative estimate of drug-likeness (QED) is 0.767. The van der Waals surface area contributed by atoms with Crippen LogP contribution in [-0.2, 0) is 6.42 Å². The van der Waals surface area contributed by atoms with Crippen LogP contribution in [0.4, 0.5) is 0 Å². The summed E-state index contributed by atoms with van der Waals surface area (Å²) in [5, 5.41) is 12.5. The molecule has 0 bridgehead atoms. The summed E-state index contributed by atoms with van der Waals surface area (Å²) in [5.41, 5.74) is 2.62. The van der Waals surface area contributed by atoms with Crippen LogP contribution < -0.4 is 5.32 Å². The lowest BCUT2D eigenvalue weighted by molar-refractivity contribution is 0.0945. The van der Waals surface area contributed by atoms with Crippen molar-refractivity contribution in [3.63, 3.8) is 0 Å². The van der Waals surface area contributed by atoms with Crippen LogP contribution >= 0.6 is 0 Å². The van der Waals surface area contributed by atoms with Crippen LogP contribution in [0.1, 0.15) is 40.9 Å². The fraction of sp³-hybridized carbons (Fsp3) is 0.417. The second-order valence-corrected chi connectivity index (χ2v) is 3.85. The van der Waals surface area contributed by atoms with Gasteiger partial charge in [0.1, 0.15) is 0 Å². The predicted molar refractivity (Wildman–Crippen MR) is 57.7 cm³/mol. The van der Waals surface area contributed by atoms with E-state index < -0.39 is 6.10 Å². The van der Waals surface area contributed by atoms with Crippen LogP contribution in [0.2, 0.25) is 0 Å². The Kier molecular flexibility index (Phi) is 2.73. The van der Waals surface area contributed by atoms with Gasteiger partial charge in [-0.1, -0.05) is 19.1 Å². The third-order valence-electron chi connectivity index (χ3n) is 2.83. The summed E-state index contributed by atoms with van der Waals surface area (Å²) in [5.74, 6) is -0.0265. The van der Waals surface area contributed by atoms with Crippen LogP contribution in [0.3, 0.4) is 0 Å². The second-order valence-electron chi connectivity index (χ2n) is 3.85. The highest BCUT2D eigenvalue weighted by atomic mass is 16.3. The summed E-state index contributed by atoms with van der Waals surface area (Å²) in [6.45, 7) is 2.63. The molecule has 0 aliphatic carbocycles. The van der Waals surface area contributed by atoms with Gasteiger partial charge in [0, 0.05) is 12.1 Å². The van der Waals surface area contributed by atoms with Gasteiger partial charge in [-0.15, -0.1) is 0 Å². The first-order chi connectivity index (χ1) is 7.22. The third-order valence-corrected chi connectivity index (χ3v) is 2.83. The Bertz CT molecular complexity index is 387. The van der Waals surface area contributed by atoms with Crippen LogP contribution in [0.25, 0.3) is 0 Å². The van der Waals surface area contributed by atoms with Crippen molar-refractivity contribution in [2.24, 2.45) is 0 Å². The molecular formula is C12H15NO2. The Balaban J connectivity index is 2.39. The number of carbonyl (C=O) groups excluding carboxylic acids is 1. The molecule has 80 valence electrons. The summed E-state index contributed by atoms with van der Waals surface area (Å²) < 4.78 is 0. The molecule has 1 aromatic rings. The Morgan fingerprint density at radius 1 is 1.53 bits per heavy atom. The minimum absolute atomic E-state index is 0.0265. The topological polar surface area (TPSA) is 49.3 Å². The van der Waals surface area contributed by atoms with Gasteiger partial charge >= 0.3 is 0 Å². The van der Waals surface area contributed by atoms with Gasteiger partial charge in [0.2, 0.25) is 0 Å². The Morgan fingerprint density at radius 3 is 3.07 bits per heavy atom. The lowest BCUT2D eigenvalue weighted by Crippen LogP contribution is -2.31. The van der Waals surface area contributed by atoms with Crippen molar-refractivity contribution < 1.29 is 9.90 Å². The number of amides is 1. The standard InChI is InChI=1S/C12H15NO2/c1-2-11(14)9-4-3-8-5-6-13-12(15)10(8)7-9/h3-4,7,11,14H,2,5-6H2,1H3,(H,13,15)/t11-/m0/s1. The number of benzene rings is 1. The van der Waals surface area contributed by atoms with Crippen LogP contribution in [0.5, 0.6) is 0 Å². The van der Waals surface area contributed by atoms with Crippen LogP contribution in [-0.4, -0.2) is 17.6 Å². The van der Waals surface area contributed by atoms with Crippen molar-refractivity contribution in [2.75, 3.05) is 6.54 Å². The van der Waals surface area contributed by atoms with E-state index in [9.17, 15) is 9.90 Å². The van der Waals surface area contributed by atoms with Crippen molar-refractivity contribution in [3.05, 3.63) is 34.9 Å². The first-order valence-electron chi connectivity index (χ1n) is 5.31. The number of fused-ring (bicyclic) bond motifs is 1. The summed E-state index contributed by atoms with van der Waals surface area (Å²) in [6.07, 6.45) is 1.08. The average Bonchev–Trinajstić information content (AvgIpc) is 2.28. The number of hydrogen-bond acceptors (Lipinski definition) is 2. The SMILES string of the molecule is CC[C@H](O)c1ccc2c(c1)C(=O)NCC2. The van der Waals surface area contributed by atoms with E-state index in [4.69, 9.17) is 0 Å². The lowest BCUT2D eigenvalue weighted by atomic mass is 9.95. The van der Waals surface area contributed by atoms with E-state index in [1.807, 2.05) is 19.1 Å². The van der Waals surface area contributed by atoms with E-state index in [0.717, 1.165) is 17.5 Å². The van der Waals surface area contributed by atoms with Gasteiger partial charge in [-0.3, -0.25) is 4.79 Å². The van der Waals surface area contributed by atoms with E-state index in [1.54, 1.807) is 6.07 Å². The first-order valence-corrected chi connectivity index (χ1v) is 5.31. The Morgan fingerprint density at radius 2 is 2.33 bits per heavy atom. The summed E-state index contributed by atoms with van der Waals surface area (Å²) in [6, 6.07) is 5.66. The molecule has 1 aliphatic rings. The largest absolute Gasteiger partial charge is 0.388 e. The van der Waals surface area contributed by atoms with Gasteiger partial charge in [-0.2, -0.15) is 0 Å². The number of hydrogen-bond donors (Lipinski definition) is 2. The van der Waals surface area contributed by atoms with E-state index >= 15 is 0 Å². The summed E-state index contributed by atoms with van der Waals surface area (Å²) in [7, 11) is 0. The molecule has 0 fully saturated rings. The summed E-state index contributed by atoms with van der Waals surface area (Å²) in [4.78, 5) is 11.6. The summed E-state index contributed by atoms with van der Waals surface area (Å²) >= 11 is 0. The highest BCUT2D eigenvalue weighted by Crippen LogP contribution is 2.21.